The summed E-state index contributed by atoms with van der Waals surface area (Å²) in [4.78, 5) is 24.3. The molecule has 16 heavy (non-hydrogen) atoms. The molecule has 0 aromatic carbocycles. The molecule has 4 N–H and O–H groups in total. The summed E-state index contributed by atoms with van der Waals surface area (Å²) in [5.41, 5.74) is 10.7. The minimum atomic E-state index is -0.772. The van der Waals surface area contributed by atoms with Crippen molar-refractivity contribution in [1.82, 2.24) is 4.90 Å². The van der Waals surface area contributed by atoms with Crippen LogP contribution in [0.15, 0.2) is 0 Å². The highest BCUT2D eigenvalue weighted by Gasteiger charge is 2.24. The summed E-state index contributed by atoms with van der Waals surface area (Å²) in [6.45, 7) is 3.68. The molecule has 5 heteroatoms. The second kappa shape index (κ2) is 5.84. The van der Waals surface area contributed by atoms with E-state index in [-0.39, 0.29) is 12.3 Å². The summed E-state index contributed by atoms with van der Waals surface area (Å²) in [5, 5.41) is 0. The van der Waals surface area contributed by atoms with Gasteiger partial charge in [0.2, 0.25) is 11.8 Å². The zero-order valence-corrected chi connectivity index (χ0v) is 9.82. The van der Waals surface area contributed by atoms with Gasteiger partial charge >= 0.3 is 0 Å². The summed E-state index contributed by atoms with van der Waals surface area (Å²) in [6, 6.07) is -0.772. The maximum Gasteiger partial charge on any atom is 0.240 e. The van der Waals surface area contributed by atoms with Crippen molar-refractivity contribution in [3.63, 3.8) is 0 Å². The first-order valence-corrected chi connectivity index (χ1v) is 5.83. The molecule has 0 spiro atoms. The minimum absolute atomic E-state index is 0.0646. The second-order valence-corrected chi connectivity index (χ2v) is 4.64. The first-order valence-electron chi connectivity index (χ1n) is 5.83. The van der Waals surface area contributed by atoms with E-state index in [1.54, 1.807) is 4.90 Å². The van der Waals surface area contributed by atoms with Crippen LogP contribution >= 0.6 is 0 Å². The highest BCUT2D eigenvalue weighted by molar-refractivity contribution is 5.87. The molecule has 0 aromatic heterocycles. The molecule has 1 fully saturated rings. The number of primary amides is 1. The maximum atomic E-state index is 11.9. The van der Waals surface area contributed by atoms with E-state index in [9.17, 15) is 9.59 Å². The number of hydrogen-bond donors (Lipinski definition) is 2. The van der Waals surface area contributed by atoms with Crippen molar-refractivity contribution in [1.29, 1.82) is 0 Å². The normalized spacial score (nSPS) is 23.6. The van der Waals surface area contributed by atoms with Gasteiger partial charge in [-0.3, -0.25) is 9.59 Å². The zero-order chi connectivity index (χ0) is 12.1. The number of carbonyl (C=O) groups excluding carboxylic acids is 2. The second-order valence-electron chi connectivity index (χ2n) is 4.64. The Morgan fingerprint density at radius 3 is 2.69 bits per heavy atom. The Hall–Kier alpha value is -1.10. The highest BCUT2D eigenvalue weighted by Crippen LogP contribution is 2.17. The summed E-state index contributed by atoms with van der Waals surface area (Å²) in [7, 11) is 0. The molecule has 1 heterocycles. The lowest BCUT2D eigenvalue weighted by Crippen LogP contribution is -2.46. The fourth-order valence-electron chi connectivity index (χ4n) is 2.02. The molecule has 92 valence electrons. The first kappa shape index (κ1) is 13.0. The van der Waals surface area contributed by atoms with E-state index >= 15 is 0 Å². The quantitative estimate of drug-likeness (QED) is 0.702. The van der Waals surface area contributed by atoms with Crippen molar-refractivity contribution in [2.45, 2.75) is 38.6 Å². The number of amides is 2. The summed E-state index contributed by atoms with van der Waals surface area (Å²) in [5.74, 6) is -0.0119. The molecular formula is C11H21N3O2. The van der Waals surface area contributed by atoms with Crippen LogP contribution in [0.2, 0.25) is 0 Å². The standard InChI is InChI=1S/C11H21N3O2/c1-8-3-2-5-14(6-4-8)11(16)9(12)7-10(13)15/h8-9H,2-7,12H2,1H3,(H2,13,15). The predicted octanol–water partition coefficient (Wildman–Crippen LogP) is -0.162. The van der Waals surface area contributed by atoms with E-state index < -0.39 is 11.9 Å². The zero-order valence-electron chi connectivity index (χ0n) is 9.82. The molecule has 1 aliphatic heterocycles. The van der Waals surface area contributed by atoms with E-state index in [0.717, 1.165) is 32.4 Å². The molecule has 1 saturated heterocycles. The van der Waals surface area contributed by atoms with Crippen molar-refractivity contribution in [2.24, 2.45) is 17.4 Å². The highest BCUT2D eigenvalue weighted by atomic mass is 16.2. The van der Waals surface area contributed by atoms with Gasteiger partial charge in [0.1, 0.15) is 0 Å². The monoisotopic (exact) mass is 227 g/mol. The number of likely N-dealkylation sites (tertiary alicyclic amines) is 1. The molecule has 2 amide bonds. The molecule has 2 atom stereocenters. The van der Waals surface area contributed by atoms with Gasteiger partial charge in [0.15, 0.2) is 0 Å². The lowest BCUT2D eigenvalue weighted by Gasteiger charge is -2.23. The van der Waals surface area contributed by atoms with Gasteiger partial charge in [-0.1, -0.05) is 6.92 Å². The van der Waals surface area contributed by atoms with E-state index in [1.165, 1.54) is 0 Å². The maximum absolute atomic E-state index is 11.9. The topological polar surface area (TPSA) is 89.4 Å². The Labute approximate surface area is 96.1 Å². The van der Waals surface area contributed by atoms with E-state index in [0.29, 0.717) is 5.92 Å². The van der Waals surface area contributed by atoms with Gasteiger partial charge in [0, 0.05) is 13.1 Å². The number of hydrogen-bond acceptors (Lipinski definition) is 3. The van der Waals surface area contributed by atoms with Gasteiger partial charge in [0.05, 0.1) is 12.5 Å². The van der Waals surface area contributed by atoms with Gasteiger partial charge in [-0.25, -0.2) is 0 Å². The Kier molecular flexibility index (Phi) is 4.73. The van der Waals surface area contributed by atoms with E-state index in [2.05, 4.69) is 6.92 Å². The van der Waals surface area contributed by atoms with Crippen LogP contribution in [0.3, 0.4) is 0 Å². The summed E-state index contributed by atoms with van der Waals surface area (Å²) >= 11 is 0. The van der Waals surface area contributed by atoms with Crippen molar-refractivity contribution in [3.8, 4) is 0 Å². The van der Waals surface area contributed by atoms with Gasteiger partial charge in [0.25, 0.3) is 0 Å². The molecular weight excluding hydrogens is 206 g/mol. The Morgan fingerprint density at radius 1 is 1.38 bits per heavy atom. The van der Waals surface area contributed by atoms with Crippen LogP contribution in [0.1, 0.15) is 32.6 Å². The van der Waals surface area contributed by atoms with Crippen LogP contribution in [0.4, 0.5) is 0 Å². The Bertz CT molecular complexity index is 268. The number of rotatable bonds is 3. The molecule has 0 aliphatic carbocycles. The minimum Gasteiger partial charge on any atom is -0.370 e. The average molecular weight is 227 g/mol. The lowest BCUT2D eigenvalue weighted by molar-refractivity contribution is -0.134. The fourth-order valence-corrected chi connectivity index (χ4v) is 2.02. The predicted molar refractivity (Wildman–Crippen MR) is 61.4 cm³/mol. The molecule has 1 aliphatic rings. The largest absolute Gasteiger partial charge is 0.370 e. The Balaban J connectivity index is 2.49. The molecule has 5 nitrogen and oxygen atoms in total. The van der Waals surface area contributed by atoms with Crippen LogP contribution in [0, 0.1) is 5.92 Å². The smallest absolute Gasteiger partial charge is 0.240 e. The number of carbonyl (C=O) groups is 2. The molecule has 1 rings (SSSR count). The van der Waals surface area contributed by atoms with Crippen LogP contribution in [0.25, 0.3) is 0 Å². The van der Waals surface area contributed by atoms with E-state index in [1.807, 2.05) is 0 Å². The van der Waals surface area contributed by atoms with Gasteiger partial charge in [-0.05, 0) is 25.2 Å². The fraction of sp³-hybridized carbons (Fsp3) is 0.818. The van der Waals surface area contributed by atoms with Crippen molar-refractivity contribution in [2.75, 3.05) is 13.1 Å². The van der Waals surface area contributed by atoms with Crippen molar-refractivity contribution >= 4 is 11.8 Å². The van der Waals surface area contributed by atoms with Crippen LogP contribution < -0.4 is 11.5 Å². The van der Waals surface area contributed by atoms with Gasteiger partial charge in [-0.2, -0.15) is 0 Å². The van der Waals surface area contributed by atoms with Crippen molar-refractivity contribution in [3.05, 3.63) is 0 Å². The number of nitrogens with two attached hydrogens (primary N) is 2. The third kappa shape index (κ3) is 3.81. The van der Waals surface area contributed by atoms with Gasteiger partial charge in [-0.15, -0.1) is 0 Å². The summed E-state index contributed by atoms with van der Waals surface area (Å²) in [6.07, 6.45) is 3.10. The summed E-state index contributed by atoms with van der Waals surface area (Å²) < 4.78 is 0. The average Bonchev–Trinajstić information content (AvgIpc) is 2.41. The SMILES string of the molecule is CC1CCCN(C(=O)C(N)CC(N)=O)CC1. The molecule has 0 aromatic rings. The van der Waals surface area contributed by atoms with Crippen LogP contribution in [0.5, 0.6) is 0 Å². The molecule has 0 bridgehead atoms. The Morgan fingerprint density at radius 2 is 2.06 bits per heavy atom. The van der Waals surface area contributed by atoms with E-state index in [4.69, 9.17) is 11.5 Å². The van der Waals surface area contributed by atoms with Crippen LogP contribution in [-0.4, -0.2) is 35.8 Å². The van der Waals surface area contributed by atoms with Gasteiger partial charge < -0.3 is 16.4 Å². The molecule has 0 saturated carbocycles. The lowest BCUT2D eigenvalue weighted by atomic mass is 10.0. The number of nitrogens with zero attached hydrogens (tertiary/aromatic N) is 1. The third-order valence-corrected chi connectivity index (χ3v) is 3.07. The van der Waals surface area contributed by atoms with Crippen molar-refractivity contribution < 1.29 is 9.59 Å². The first-order chi connectivity index (χ1) is 7.50. The van der Waals surface area contributed by atoms with Crippen LogP contribution in [-0.2, 0) is 9.59 Å². The molecule has 2 unspecified atom stereocenters. The molecule has 0 radical (unpaired) electrons. The third-order valence-electron chi connectivity index (χ3n) is 3.07.